The molecule has 1 fully saturated rings. The molecule has 6 heteroatoms. The highest BCUT2D eigenvalue weighted by Gasteiger charge is 2.17. The zero-order valence-electron chi connectivity index (χ0n) is 16.2. The van der Waals surface area contributed by atoms with Crippen molar-refractivity contribution in [1.29, 1.82) is 0 Å². The maximum Gasteiger partial charge on any atom is 0.269 e. The lowest BCUT2D eigenvalue weighted by Gasteiger charge is -2.33. The number of nitrogens with zero attached hydrogens (tertiary/aromatic N) is 4. The van der Waals surface area contributed by atoms with Crippen molar-refractivity contribution < 1.29 is 4.92 Å². The summed E-state index contributed by atoms with van der Waals surface area (Å²) >= 11 is 0. The monoisotopic (exact) mass is 366 g/mol. The third-order valence-electron chi connectivity index (χ3n) is 5.03. The van der Waals surface area contributed by atoms with E-state index in [1.807, 2.05) is 6.92 Å². The van der Waals surface area contributed by atoms with Crippen molar-refractivity contribution in [3.63, 3.8) is 0 Å². The largest absolute Gasteiger partial charge is 0.295 e. The SMILES string of the molecule is C/C(=N/N1CCN(Cc2ccc(C)cc2C)CC1)c1ccc([N+](=O)[O-])cc1. The van der Waals surface area contributed by atoms with Crippen LogP contribution in [0.2, 0.25) is 0 Å². The highest BCUT2D eigenvalue weighted by atomic mass is 16.6. The lowest BCUT2D eigenvalue weighted by Crippen LogP contribution is -2.43. The van der Waals surface area contributed by atoms with Crippen LogP contribution in [0.4, 0.5) is 5.69 Å². The van der Waals surface area contributed by atoms with Gasteiger partial charge in [-0.3, -0.25) is 20.0 Å². The van der Waals surface area contributed by atoms with E-state index < -0.39 is 0 Å². The van der Waals surface area contributed by atoms with Crippen molar-refractivity contribution >= 4 is 11.4 Å². The van der Waals surface area contributed by atoms with Crippen LogP contribution in [0.1, 0.15) is 29.2 Å². The highest BCUT2D eigenvalue weighted by Crippen LogP contribution is 2.16. The van der Waals surface area contributed by atoms with E-state index in [1.54, 1.807) is 12.1 Å². The molecule has 0 aromatic heterocycles. The van der Waals surface area contributed by atoms with Crippen LogP contribution < -0.4 is 0 Å². The van der Waals surface area contributed by atoms with Gasteiger partial charge in [0.1, 0.15) is 0 Å². The van der Waals surface area contributed by atoms with Crippen molar-refractivity contribution in [3.05, 3.63) is 74.8 Å². The molecule has 27 heavy (non-hydrogen) atoms. The number of hydrazone groups is 1. The molecular weight excluding hydrogens is 340 g/mol. The normalized spacial score (nSPS) is 15.8. The zero-order chi connectivity index (χ0) is 19.4. The number of non-ortho nitro benzene ring substituents is 1. The molecule has 1 saturated heterocycles. The predicted molar refractivity (Wildman–Crippen MR) is 108 cm³/mol. The van der Waals surface area contributed by atoms with Crippen LogP contribution in [0.15, 0.2) is 47.6 Å². The summed E-state index contributed by atoms with van der Waals surface area (Å²) in [7, 11) is 0. The van der Waals surface area contributed by atoms with E-state index in [0.29, 0.717) is 0 Å². The van der Waals surface area contributed by atoms with Crippen LogP contribution in [-0.4, -0.2) is 46.7 Å². The molecule has 0 radical (unpaired) electrons. The molecule has 0 aliphatic carbocycles. The maximum atomic E-state index is 10.8. The Kier molecular flexibility index (Phi) is 5.86. The molecule has 0 N–H and O–H groups in total. The molecule has 0 amide bonds. The lowest BCUT2D eigenvalue weighted by molar-refractivity contribution is -0.384. The first-order chi connectivity index (χ1) is 12.9. The molecule has 1 heterocycles. The summed E-state index contributed by atoms with van der Waals surface area (Å²) in [5.41, 5.74) is 5.94. The fraction of sp³-hybridized carbons (Fsp3) is 0.381. The Hall–Kier alpha value is -2.73. The van der Waals surface area contributed by atoms with Gasteiger partial charge in [0.25, 0.3) is 5.69 Å². The number of benzene rings is 2. The Morgan fingerprint density at radius 3 is 2.33 bits per heavy atom. The Morgan fingerprint density at radius 2 is 1.74 bits per heavy atom. The molecule has 2 aromatic rings. The zero-order valence-corrected chi connectivity index (χ0v) is 16.2. The minimum atomic E-state index is -0.384. The Bertz CT molecular complexity index is 838. The van der Waals surface area contributed by atoms with Crippen LogP contribution in [0.3, 0.4) is 0 Å². The van der Waals surface area contributed by atoms with Gasteiger partial charge in [0.05, 0.1) is 10.6 Å². The van der Waals surface area contributed by atoms with Crippen molar-refractivity contribution in [1.82, 2.24) is 9.91 Å². The van der Waals surface area contributed by atoms with Gasteiger partial charge in [0.2, 0.25) is 0 Å². The second kappa shape index (κ2) is 8.31. The molecule has 2 aromatic carbocycles. The molecule has 0 atom stereocenters. The summed E-state index contributed by atoms with van der Waals surface area (Å²) in [6.45, 7) is 10.9. The van der Waals surface area contributed by atoms with E-state index in [9.17, 15) is 10.1 Å². The van der Waals surface area contributed by atoms with E-state index in [4.69, 9.17) is 5.10 Å². The first-order valence-electron chi connectivity index (χ1n) is 9.26. The van der Waals surface area contributed by atoms with E-state index in [-0.39, 0.29) is 10.6 Å². The summed E-state index contributed by atoms with van der Waals surface area (Å²) in [6.07, 6.45) is 0. The van der Waals surface area contributed by atoms with Gasteiger partial charge in [-0.25, -0.2) is 0 Å². The Labute approximate surface area is 160 Å². The van der Waals surface area contributed by atoms with E-state index in [1.165, 1.54) is 28.8 Å². The number of hydrogen-bond donors (Lipinski definition) is 0. The second-order valence-electron chi connectivity index (χ2n) is 7.15. The van der Waals surface area contributed by atoms with Gasteiger partial charge >= 0.3 is 0 Å². The van der Waals surface area contributed by atoms with Crippen LogP contribution in [0.25, 0.3) is 0 Å². The predicted octanol–water partition coefficient (Wildman–Crippen LogP) is 3.75. The standard InChI is InChI=1S/C21H26N4O2/c1-16-4-5-20(17(2)14-16)15-23-10-12-24(13-11-23)22-18(3)19-6-8-21(9-7-19)25(26)27/h4-9,14H,10-13,15H2,1-3H3/b22-18-. The summed E-state index contributed by atoms with van der Waals surface area (Å²) in [5, 5.41) is 17.6. The molecule has 1 aliphatic rings. The van der Waals surface area contributed by atoms with Crippen molar-refractivity contribution in [2.45, 2.75) is 27.3 Å². The first-order valence-corrected chi connectivity index (χ1v) is 9.26. The molecule has 0 spiro atoms. The first kappa shape index (κ1) is 19.0. The molecule has 6 nitrogen and oxygen atoms in total. The van der Waals surface area contributed by atoms with Crippen LogP contribution >= 0.6 is 0 Å². The average molecular weight is 366 g/mol. The minimum Gasteiger partial charge on any atom is -0.295 e. The van der Waals surface area contributed by atoms with Crippen molar-refractivity contribution in [3.8, 4) is 0 Å². The topological polar surface area (TPSA) is 62.0 Å². The second-order valence-corrected chi connectivity index (χ2v) is 7.15. The quantitative estimate of drug-likeness (QED) is 0.459. The summed E-state index contributed by atoms with van der Waals surface area (Å²) in [5.74, 6) is 0. The number of aryl methyl sites for hydroxylation is 2. The Balaban J connectivity index is 1.56. The van der Waals surface area contributed by atoms with Gasteiger partial charge < -0.3 is 0 Å². The molecule has 142 valence electrons. The fourth-order valence-corrected chi connectivity index (χ4v) is 3.35. The third-order valence-corrected chi connectivity index (χ3v) is 5.03. The van der Waals surface area contributed by atoms with Crippen LogP contribution in [0, 0.1) is 24.0 Å². The molecule has 0 bridgehead atoms. The smallest absolute Gasteiger partial charge is 0.269 e. The molecule has 3 rings (SSSR count). The van der Waals surface area contributed by atoms with Crippen LogP contribution in [-0.2, 0) is 6.54 Å². The van der Waals surface area contributed by atoms with Gasteiger partial charge in [0.15, 0.2) is 0 Å². The third kappa shape index (κ3) is 4.92. The lowest BCUT2D eigenvalue weighted by atomic mass is 10.1. The number of nitro groups is 1. The van der Waals surface area contributed by atoms with Crippen LogP contribution in [0.5, 0.6) is 0 Å². The van der Waals surface area contributed by atoms with E-state index >= 15 is 0 Å². The summed E-state index contributed by atoms with van der Waals surface area (Å²) in [4.78, 5) is 12.8. The number of rotatable bonds is 5. The van der Waals surface area contributed by atoms with Crippen molar-refractivity contribution in [2.24, 2.45) is 5.10 Å². The molecule has 1 aliphatic heterocycles. The summed E-state index contributed by atoms with van der Waals surface area (Å²) in [6, 6.07) is 13.2. The van der Waals surface area contributed by atoms with Gasteiger partial charge in [-0.1, -0.05) is 23.8 Å². The number of nitro benzene ring substituents is 1. The Morgan fingerprint density at radius 1 is 1.07 bits per heavy atom. The summed E-state index contributed by atoms with van der Waals surface area (Å²) < 4.78 is 0. The molecule has 0 saturated carbocycles. The van der Waals surface area contributed by atoms with E-state index in [2.05, 4.69) is 42.0 Å². The number of hydrogen-bond acceptors (Lipinski definition) is 5. The minimum absolute atomic E-state index is 0.103. The average Bonchev–Trinajstić information content (AvgIpc) is 2.65. The van der Waals surface area contributed by atoms with Gasteiger partial charge in [0, 0.05) is 44.9 Å². The number of piperazine rings is 1. The van der Waals surface area contributed by atoms with Gasteiger partial charge in [-0.15, -0.1) is 0 Å². The van der Waals surface area contributed by atoms with E-state index in [0.717, 1.165) is 44.0 Å². The van der Waals surface area contributed by atoms with Gasteiger partial charge in [-0.05, 0) is 49.6 Å². The maximum absolute atomic E-state index is 10.8. The highest BCUT2D eigenvalue weighted by molar-refractivity contribution is 5.98. The van der Waals surface area contributed by atoms with Gasteiger partial charge in [-0.2, -0.15) is 5.10 Å². The fourth-order valence-electron chi connectivity index (χ4n) is 3.35. The molecule has 0 unspecified atom stereocenters. The van der Waals surface area contributed by atoms with Crippen molar-refractivity contribution in [2.75, 3.05) is 26.2 Å². The molecular formula is C21H26N4O2.